The Labute approximate surface area is 210 Å². The maximum absolute atomic E-state index is 6.41. The second kappa shape index (κ2) is 9.44. The number of aliphatic imine (C=N–C) groups is 1. The van der Waals surface area contributed by atoms with Crippen molar-refractivity contribution in [3.05, 3.63) is 93.0 Å². The fraction of sp³-hybridized carbons (Fsp3) is 0.115. The number of halogens is 2. The van der Waals surface area contributed by atoms with E-state index in [0.29, 0.717) is 29.0 Å². The van der Waals surface area contributed by atoms with E-state index in [1.165, 1.54) is 0 Å². The number of hydrogen-bond acceptors (Lipinski definition) is 6. The Morgan fingerprint density at radius 2 is 1.74 bits per heavy atom. The second-order valence-corrected chi connectivity index (χ2v) is 8.89. The molecule has 1 aromatic heterocycles. The van der Waals surface area contributed by atoms with Crippen molar-refractivity contribution >= 4 is 44.9 Å². The molecule has 170 valence electrons. The summed E-state index contributed by atoms with van der Waals surface area (Å²) in [6.45, 7) is 0.453. The predicted molar refractivity (Wildman–Crippen MR) is 139 cm³/mol. The Hall–Kier alpha value is -3.42. The van der Waals surface area contributed by atoms with Gasteiger partial charge in [-0.1, -0.05) is 51.8 Å². The first-order chi connectivity index (χ1) is 16.6. The predicted octanol–water partition coefficient (Wildman–Crippen LogP) is 6.67. The Bertz CT molecular complexity index is 1420. The molecule has 0 fully saturated rings. The van der Waals surface area contributed by atoms with E-state index >= 15 is 0 Å². The summed E-state index contributed by atoms with van der Waals surface area (Å²) in [6, 6.07) is 19.4. The molecular weight excluding hydrogens is 516 g/mol. The van der Waals surface area contributed by atoms with Gasteiger partial charge < -0.3 is 14.8 Å². The SMILES string of the molecule is COc1ccc(Nc2ncc3c(n2)-c2ccc(Cl)cc2C(c2ccccc2Br)=NC3)cc1OC. The third-order valence-corrected chi connectivity index (χ3v) is 6.46. The summed E-state index contributed by atoms with van der Waals surface area (Å²) in [5.41, 5.74) is 6.26. The lowest BCUT2D eigenvalue weighted by Gasteiger charge is -2.14. The lowest BCUT2D eigenvalue weighted by molar-refractivity contribution is 0.355. The lowest BCUT2D eigenvalue weighted by Crippen LogP contribution is -2.06. The van der Waals surface area contributed by atoms with Crippen molar-refractivity contribution in [2.45, 2.75) is 6.54 Å². The topological polar surface area (TPSA) is 68.6 Å². The third kappa shape index (κ3) is 4.24. The molecule has 0 radical (unpaired) electrons. The molecule has 1 aliphatic rings. The van der Waals surface area contributed by atoms with Gasteiger partial charge in [0.15, 0.2) is 11.5 Å². The average molecular weight is 536 g/mol. The van der Waals surface area contributed by atoms with Crippen LogP contribution < -0.4 is 14.8 Å². The molecule has 6 nitrogen and oxygen atoms in total. The molecule has 0 amide bonds. The first-order valence-corrected chi connectivity index (χ1v) is 11.7. The number of methoxy groups -OCH3 is 2. The van der Waals surface area contributed by atoms with Crippen LogP contribution in [-0.4, -0.2) is 29.9 Å². The molecular formula is C26H20BrClN4O2. The van der Waals surface area contributed by atoms with Crippen LogP contribution in [0.25, 0.3) is 11.3 Å². The Balaban J connectivity index is 1.58. The van der Waals surface area contributed by atoms with E-state index in [1.54, 1.807) is 14.2 Å². The maximum atomic E-state index is 6.41. The minimum atomic E-state index is 0.453. The largest absolute Gasteiger partial charge is 0.493 e. The van der Waals surface area contributed by atoms with Gasteiger partial charge in [-0.2, -0.15) is 0 Å². The number of nitrogens with zero attached hydrogens (tertiary/aromatic N) is 3. The summed E-state index contributed by atoms with van der Waals surface area (Å²) >= 11 is 10.1. The Morgan fingerprint density at radius 1 is 0.912 bits per heavy atom. The molecule has 4 aromatic rings. The van der Waals surface area contributed by atoms with Crippen LogP contribution in [0.5, 0.6) is 11.5 Å². The van der Waals surface area contributed by atoms with Gasteiger partial charge in [0, 0.05) is 49.7 Å². The van der Waals surface area contributed by atoms with E-state index in [-0.39, 0.29) is 0 Å². The zero-order valence-electron chi connectivity index (χ0n) is 18.5. The summed E-state index contributed by atoms with van der Waals surface area (Å²) in [7, 11) is 3.21. The zero-order chi connectivity index (χ0) is 23.7. The van der Waals surface area contributed by atoms with Crippen LogP contribution in [0.3, 0.4) is 0 Å². The standard InChI is InChI=1S/C26H20BrClN4O2/c1-33-22-10-8-17(12-23(22)34-2)31-26-30-14-15-13-29-25(19-5-3-4-6-21(19)27)20-11-16(28)7-9-18(20)24(15)32-26/h3-12,14H,13H2,1-2H3,(H,30,31,32). The number of anilines is 2. The van der Waals surface area contributed by atoms with E-state index in [4.69, 9.17) is 31.1 Å². The summed E-state index contributed by atoms with van der Waals surface area (Å²) in [5, 5.41) is 3.90. The fourth-order valence-electron chi connectivity index (χ4n) is 3.91. The molecule has 0 saturated carbocycles. The van der Waals surface area contributed by atoms with Crippen LogP contribution in [0, 0.1) is 0 Å². The first kappa shape index (κ1) is 22.4. The van der Waals surface area contributed by atoms with Gasteiger partial charge in [0.2, 0.25) is 5.95 Å². The number of benzene rings is 3. The number of aromatic nitrogens is 2. The Morgan fingerprint density at radius 3 is 2.53 bits per heavy atom. The molecule has 0 bridgehead atoms. The number of fused-ring (bicyclic) bond motifs is 3. The quantitative estimate of drug-likeness (QED) is 0.309. The molecule has 0 atom stereocenters. The Kier molecular flexibility index (Phi) is 6.22. The van der Waals surface area contributed by atoms with E-state index in [0.717, 1.165) is 43.8 Å². The minimum absolute atomic E-state index is 0.453. The molecule has 5 rings (SSSR count). The second-order valence-electron chi connectivity index (χ2n) is 7.60. The van der Waals surface area contributed by atoms with Crippen LogP contribution in [0.1, 0.15) is 16.7 Å². The molecule has 3 aromatic carbocycles. The van der Waals surface area contributed by atoms with E-state index in [2.05, 4.69) is 26.2 Å². The van der Waals surface area contributed by atoms with Crippen molar-refractivity contribution in [2.24, 2.45) is 4.99 Å². The first-order valence-electron chi connectivity index (χ1n) is 10.5. The number of ether oxygens (including phenoxy) is 2. The fourth-order valence-corrected chi connectivity index (χ4v) is 4.56. The van der Waals surface area contributed by atoms with Gasteiger partial charge in [0.05, 0.1) is 32.2 Å². The van der Waals surface area contributed by atoms with Gasteiger partial charge in [0.1, 0.15) is 0 Å². The van der Waals surface area contributed by atoms with Crippen molar-refractivity contribution < 1.29 is 9.47 Å². The van der Waals surface area contributed by atoms with Crippen molar-refractivity contribution in [1.29, 1.82) is 0 Å². The smallest absolute Gasteiger partial charge is 0.227 e. The third-order valence-electron chi connectivity index (χ3n) is 5.53. The van der Waals surface area contributed by atoms with Gasteiger partial charge in [-0.3, -0.25) is 4.99 Å². The van der Waals surface area contributed by atoms with Crippen molar-refractivity contribution in [3.8, 4) is 22.8 Å². The van der Waals surface area contributed by atoms with Crippen LogP contribution in [-0.2, 0) is 6.54 Å². The molecule has 2 heterocycles. The normalized spacial score (nSPS) is 12.2. The molecule has 0 unspecified atom stereocenters. The van der Waals surface area contributed by atoms with E-state index in [1.807, 2.05) is 66.9 Å². The summed E-state index contributed by atoms with van der Waals surface area (Å²) < 4.78 is 11.7. The highest BCUT2D eigenvalue weighted by molar-refractivity contribution is 9.10. The minimum Gasteiger partial charge on any atom is -0.493 e. The van der Waals surface area contributed by atoms with Crippen LogP contribution in [0.15, 0.2) is 76.3 Å². The maximum Gasteiger partial charge on any atom is 0.227 e. The molecule has 1 aliphatic heterocycles. The van der Waals surface area contributed by atoms with Crippen LogP contribution in [0.2, 0.25) is 5.02 Å². The van der Waals surface area contributed by atoms with E-state index in [9.17, 15) is 0 Å². The van der Waals surface area contributed by atoms with Crippen LogP contribution >= 0.6 is 27.5 Å². The lowest BCUT2D eigenvalue weighted by atomic mass is 9.95. The highest BCUT2D eigenvalue weighted by Crippen LogP contribution is 2.36. The monoisotopic (exact) mass is 534 g/mol. The summed E-state index contributed by atoms with van der Waals surface area (Å²) in [5.74, 6) is 1.74. The highest BCUT2D eigenvalue weighted by Gasteiger charge is 2.22. The molecule has 1 N–H and O–H groups in total. The van der Waals surface area contributed by atoms with Crippen molar-refractivity contribution in [3.63, 3.8) is 0 Å². The molecule has 0 spiro atoms. The number of hydrogen-bond donors (Lipinski definition) is 1. The van der Waals surface area contributed by atoms with Gasteiger partial charge in [0.25, 0.3) is 0 Å². The summed E-state index contributed by atoms with van der Waals surface area (Å²) in [6.07, 6.45) is 1.82. The number of nitrogens with one attached hydrogen (secondary N) is 1. The van der Waals surface area contributed by atoms with Crippen molar-refractivity contribution in [2.75, 3.05) is 19.5 Å². The van der Waals surface area contributed by atoms with Crippen LogP contribution in [0.4, 0.5) is 11.6 Å². The van der Waals surface area contributed by atoms with Gasteiger partial charge in [-0.05, 0) is 30.3 Å². The van der Waals surface area contributed by atoms with Crippen molar-refractivity contribution in [1.82, 2.24) is 9.97 Å². The zero-order valence-corrected chi connectivity index (χ0v) is 20.8. The molecule has 34 heavy (non-hydrogen) atoms. The molecule has 0 saturated heterocycles. The highest BCUT2D eigenvalue weighted by atomic mass is 79.9. The summed E-state index contributed by atoms with van der Waals surface area (Å²) in [4.78, 5) is 14.3. The molecule has 0 aliphatic carbocycles. The van der Waals surface area contributed by atoms with Gasteiger partial charge in [-0.25, -0.2) is 9.97 Å². The number of rotatable bonds is 5. The molecule has 8 heteroatoms. The van der Waals surface area contributed by atoms with Gasteiger partial charge >= 0.3 is 0 Å². The average Bonchev–Trinajstić information content (AvgIpc) is 3.00. The van der Waals surface area contributed by atoms with E-state index < -0.39 is 0 Å². The van der Waals surface area contributed by atoms with Gasteiger partial charge in [-0.15, -0.1) is 0 Å².